The van der Waals surface area contributed by atoms with E-state index >= 15 is 0 Å². The number of carbonyl (C=O) groups is 1. The first-order valence-corrected chi connectivity index (χ1v) is 4.12. The van der Waals surface area contributed by atoms with E-state index < -0.39 is 23.2 Å². The van der Waals surface area contributed by atoms with Crippen molar-refractivity contribution >= 4 is 24.2 Å². The predicted molar refractivity (Wildman–Crippen MR) is 50.3 cm³/mol. The summed E-state index contributed by atoms with van der Waals surface area (Å²) in [5.41, 5.74) is -1.77. The van der Waals surface area contributed by atoms with Crippen LogP contribution in [0.25, 0.3) is 0 Å². The van der Waals surface area contributed by atoms with Gasteiger partial charge < -0.3 is 0 Å². The van der Waals surface area contributed by atoms with E-state index in [4.69, 9.17) is 11.6 Å². The standard InChI is InChI=1S/C9H5ClF3NO/c1-14-8(15)7-5(9(11,12)13)3-2-4-6(7)10/h2-4H,1H2. The fourth-order valence-electron chi connectivity index (χ4n) is 1.06. The number of hydrogen-bond donors (Lipinski definition) is 0. The van der Waals surface area contributed by atoms with Gasteiger partial charge >= 0.3 is 6.18 Å². The first kappa shape index (κ1) is 11.7. The Morgan fingerprint density at radius 3 is 2.47 bits per heavy atom. The van der Waals surface area contributed by atoms with Crippen LogP contribution in [-0.2, 0) is 6.18 Å². The molecule has 6 heteroatoms. The van der Waals surface area contributed by atoms with Crippen molar-refractivity contribution in [3.63, 3.8) is 0 Å². The van der Waals surface area contributed by atoms with Crippen molar-refractivity contribution in [3.8, 4) is 0 Å². The van der Waals surface area contributed by atoms with Crippen LogP contribution in [0.3, 0.4) is 0 Å². The Morgan fingerprint density at radius 2 is 2.00 bits per heavy atom. The highest BCUT2D eigenvalue weighted by Gasteiger charge is 2.36. The van der Waals surface area contributed by atoms with Crippen LogP contribution < -0.4 is 0 Å². The molecule has 0 radical (unpaired) electrons. The summed E-state index contributed by atoms with van der Waals surface area (Å²) in [5.74, 6) is -1.09. The topological polar surface area (TPSA) is 29.4 Å². The zero-order chi connectivity index (χ0) is 11.6. The smallest absolute Gasteiger partial charge is 0.267 e. The second-order valence-corrected chi connectivity index (χ2v) is 3.03. The molecule has 0 fully saturated rings. The van der Waals surface area contributed by atoms with Crippen LogP contribution in [0.1, 0.15) is 15.9 Å². The predicted octanol–water partition coefficient (Wildman–Crippen LogP) is 3.20. The molecule has 0 spiro atoms. The van der Waals surface area contributed by atoms with Gasteiger partial charge in [0.25, 0.3) is 5.91 Å². The second-order valence-electron chi connectivity index (χ2n) is 2.62. The number of aliphatic imine (C=N–C) groups is 1. The van der Waals surface area contributed by atoms with Gasteiger partial charge in [0, 0.05) is 0 Å². The van der Waals surface area contributed by atoms with Crippen molar-refractivity contribution in [2.75, 3.05) is 0 Å². The van der Waals surface area contributed by atoms with Crippen LogP contribution >= 0.6 is 11.6 Å². The minimum Gasteiger partial charge on any atom is -0.267 e. The van der Waals surface area contributed by atoms with Crippen molar-refractivity contribution in [1.29, 1.82) is 0 Å². The van der Waals surface area contributed by atoms with Crippen molar-refractivity contribution in [1.82, 2.24) is 0 Å². The van der Waals surface area contributed by atoms with Gasteiger partial charge in [0.2, 0.25) is 0 Å². The third kappa shape index (κ3) is 2.36. The molecule has 0 aliphatic carbocycles. The fourth-order valence-corrected chi connectivity index (χ4v) is 1.31. The summed E-state index contributed by atoms with van der Waals surface area (Å²) >= 11 is 5.50. The Balaban J connectivity index is 3.46. The summed E-state index contributed by atoms with van der Waals surface area (Å²) in [5, 5.41) is -0.290. The molecule has 80 valence electrons. The van der Waals surface area contributed by atoms with Gasteiger partial charge in [-0.05, 0) is 18.9 Å². The highest BCUT2D eigenvalue weighted by Crippen LogP contribution is 2.35. The Bertz CT molecular complexity index is 414. The van der Waals surface area contributed by atoms with E-state index in [1.54, 1.807) is 0 Å². The maximum atomic E-state index is 12.5. The lowest BCUT2D eigenvalue weighted by Crippen LogP contribution is -2.12. The third-order valence-corrected chi connectivity index (χ3v) is 1.99. The summed E-state index contributed by atoms with van der Waals surface area (Å²) in [6.45, 7) is 2.88. The molecule has 0 bridgehead atoms. The average molecular weight is 236 g/mol. The molecule has 1 rings (SSSR count). The van der Waals surface area contributed by atoms with Gasteiger partial charge in [-0.15, -0.1) is 0 Å². The van der Waals surface area contributed by atoms with Crippen molar-refractivity contribution in [2.45, 2.75) is 6.18 Å². The summed E-state index contributed by atoms with van der Waals surface area (Å²) in [7, 11) is 0. The second kappa shape index (κ2) is 4.02. The lowest BCUT2D eigenvalue weighted by atomic mass is 10.1. The zero-order valence-electron chi connectivity index (χ0n) is 7.31. The van der Waals surface area contributed by atoms with E-state index in [-0.39, 0.29) is 5.02 Å². The molecular formula is C9H5ClF3NO. The lowest BCUT2D eigenvalue weighted by Gasteiger charge is -2.11. The van der Waals surface area contributed by atoms with Crippen LogP contribution in [0, 0.1) is 0 Å². The van der Waals surface area contributed by atoms with E-state index in [9.17, 15) is 18.0 Å². The lowest BCUT2D eigenvalue weighted by molar-refractivity contribution is -0.137. The molecule has 1 aromatic carbocycles. The maximum Gasteiger partial charge on any atom is 0.417 e. The van der Waals surface area contributed by atoms with Gasteiger partial charge in [0.15, 0.2) is 0 Å². The Kier molecular flexibility index (Phi) is 3.14. The molecular weight excluding hydrogens is 231 g/mol. The number of halogens is 4. The molecule has 2 nitrogen and oxygen atoms in total. The first-order chi connectivity index (χ1) is 6.88. The monoisotopic (exact) mass is 235 g/mol. The number of hydrogen-bond acceptors (Lipinski definition) is 1. The van der Waals surface area contributed by atoms with Crippen LogP contribution in [0.2, 0.25) is 5.02 Å². The number of carbonyl (C=O) groups excluding carboxylic acids is 1. The molecule has 0 unspecified atom stereocenters. The zero-order valence-corrected chi connectivity index (χ0v) is 8.06. The Labute approximate surface area is 88.4 Å². The molecule has 0 saturated heterocycles. The number of rotatable bonds is 1. The van der Waals surface area contributed by atoms with Crippen LogP contribution in [0.5, 0.6) is 0 Å². The van der Waals surface area contributed by atoms with Crippen molar-refractivity contribution in [3.05, 3.63) is 34.3 Å². The number of alkyl halides is 3. The molecule has 1 amide bonds. The summed E-state index contributed by atoms with van der Waals surface area (Å²) < 4.78 is 37.4. The molecule has 0 aromatic heterocycles. The molecule has 1 aromatic rings. The number of amides is 1. The van der Waals surface area contributed by atoms with E-state index in [2.05, 4.69) is 11.7 Å². The van der Waals surface area contributed by atoms with Gasteiger partial charge in [-0.3, -0.25) is 4.79 Å². The van der Waals surface area contributed by atoms with Crippen LogP contribution in [-0.4, -0.2) is 12.6 Å². The first-order valence-electron chi connectivity index (χ1n) is 3.74. The van der Waals surface area contributed by atoms with Gasteiger partial charge in [-0.1, -0.05) is 17.7 Å². The van der Waals surface area contributed by atoms with E-state index in [1.807, 2.05) is 0 Å². The number of nitrogens with zero attached hydrogens (tertiary/aromatic N) is 1. The number of benzene rings is 1. The van der Waals surface area contributed by atoms with Crippen molar-refractivity contribution < 1.29 is 18.0 Å². The van der Waals surface area contributed by atoms with E-state index in [0.29, 0.717) is 0 Å². The molecule has 0 saturated carbocycles. The molecule has 0 atom stereocenters. The third-order valence-electron chi connectivity index (χ3n) is 1.68. The van der Waals surface area contributed by atoms with Gasteiger partial charge in [-0.2, -0.15) is 13.2 Å². The minimum absolute atomic E-state index is 0.290. The highest BCUT2D eigenvalue weighted by atomic mass is 35.5. The Hall–Kier alpha value is -1.36. The SMILES string of the molecule is C=NC(=O)c1c(Cl)cccc1C(F)(F)F. The van der Waals surface area contributed by atoms with Crippen molar-refractivity contribution in [2.24, 2.45) is 4.99 Å². The molecule has 0 aliphatic heterocycles. The fraction of sp³-hybridized carbons (Fsp3) is 0.111. The normalized spacial score (nSPS) is 11.2. The largest absolute Gasteiger partial charge is 0.417 e. The summed E-state index contributed by atoms with van der Waals surface area (Å²) in [6.07, 6.45) is -4.64. The average Bonchev–Trinajstić information content (AvgIpc) is 2.15. The van der Waals surface area contributed by atoms with Crippen LogP contribution in [0.15, 0.2) is 23.2 Å². The van der Waals surface area contributed by atoms with Gasteiger partial charge in [-0.25, -0.2) is 4.99 Å². The maximum absolute atomic E-state index is 12.5. The van der Waals surface area contributed by atoms with Crippen LogP contribution in [0.4, 0.5) is 13.2 Å². The minimum atomic E-state index is -4.64. The van der Waals surface area contributed by atoms with E-state index in [0.717, 1.165) is 12.1 Å². The quantitative estimate of drug-likeness (QED) is 0.688. The summed E-state index contributed by atoms with van der Waals surface area (Å²) in [6, 6.07) is 3.07. The van der Waals surface area contributed by atoms with Gasteiger partial charge in [0.1, 0.15) is 0 Å². The molecule has 0 heterocycles. The highest BCUT2D eigenvalue weighted by molar-refractivity contribution is 6.34. The summed E-state index contributed by atoms with van der Waals surface area (Å²) in [4.78, 5) is 14.0. The molecule has 0 N–H and O–H groups in total. The molecule has 15 heavy (non-hydrogen) atoms. The Morgan fingerprint density at radius 1 is 1.40 bits per heavy atom. The van der Waals surface area contributed by atoms with E-state index in [1.165, 1.54) is 6.07 Å². The molecule has 0 aliphatic rings. The van der Waals surface area contributed by atoms with Gasteiger partial charge in [0.05, 0.1) is 16.1 Å².